The molecule has 0 radical (unpaired) electrons. The maximum atomic E-state index is 12.6. The summed E-state index contributed by atoms with van der Waals surface area (Å²) >= 11 is 0. The third kappa shape index (κ3) is 3.11. The molecule has 2 heterocycles. The number of rotatable bonds is 5. The van der Waals surface area contributed by atoms with Crippen LogP contribution in [0, 0.1) is 6.92 Å². The number of nitrogens with zero attached hydrogens (tertiary/aromatic N) is 2. The first-order chi connectivity index (χ1) is 11.4. The van der Waals surface area contributed by atoms with Gasteiger partial charge in [0.15, 0.2) is 0 Å². The molecule has 0 saturated carbocycles. The molecule has 0 aliphatic carbocycles. The van der Waals surface area contributed by atoms with Crippen LogP contribution < -0.4 is 10.1 Å². The second-order valence-electron chi connectivity index (χ2n) is 6.97. The second-order valence-corrected chi connectivity index (χ2v) is 6.97. The summed E-state index contributed by atoms with van der Waals surface area (Å²) in [4.78, 5) is 28.2. The summed E-state index contributed by atoms with van der Waals surface area (Å²) in [6.07, 6.45) is 0.658. The lowest BCUT2D eigenvalue weighted by Crippen LogP contribution is -2.49. The van der Waals surface area contributed by atoms with Gasteiger partial charge in [0.1, 0.15) is 17.9 Å². The molecular weight excluding hydrogens is 306 g/mol. The Labute approximate surface area is 142 Å². The lowest BCUT2D eigenvalue weighted by atomic mass is 9.99. The van der Waals surface area contributed by atoms with Crippen LogP contribution in [0.15, 0.2) is 24.3 Å². The van der Waals surface area contributed by atoms with Crippen molar-refractivity contribution in [3.05, 3.63) is 29.8 Å². The summed E-state index contributed by atoms with van der Waals surface area (Å²) < 4.78 is 5.76. The summed E-state index contributed by atoms with van der Waals surface area (Å²) in [7, 11) is 0. The molecule has 1 atom stereocenters. The molecule has 130 valence electrons. The van der Waals surface area contributed by atoms with E-state index in [4.69, 9.17) is 4.74 Å². The Bertz CT molecular complexity index is 629. The topological polar surface area (TPSA) is 61.9 Å². The average Bonchev–Trinajstić information content (AvgIpc) is 3.03. The van der Waals surface area contributed by atoms with Gasteiger partial charge in [-0.05, 0) is 39.3 Å². The number of aryl methyl sites for hydroxylation is 1. The number of urea groups is 1. The number of hydrogen-bond acceptors (Lipinski definition) is 4. The quantitative estimate of drug-likeness (QED) is 0.836. The Hall–Kier alpha value is -2.08. The molecule has 3 amide bonds. The van der Waals surface area contributed by atoms with Crippen molar-refractivity contribution in [3.63, 3.8) is 0 Å². The lowest BCUT2D eigenvalue weighted by molar-refractivity contribution is -0.132. The van der Waals surface area contributed by atoms with Gasteiger partial charge >= 0.3 is 6.03 Å². The van der Waals surface area contributed by atoms with Gasteiger partial charge in [0.2, 0.25) is 0 Å². The van der Waals surface area contributed by atoms with Crippen LogP contribution in [0.25, 0.3) is 0 Å². The smallest absolute Gasteiger partial charge is 0.325 e. The second kappa shape index (κ2) is 6.43. The van der Waals surface area contributed by atoms with Crippen LogP contribution in [0.2, 0.25) is 0 Å². The standard InChI is InChI=1S/C18H25N3O3/c1-13(2)21-16(22)18(19-17(21)23)8-9-20(12-18)10-11-24-15-6-4-14(3)5-7-15/h4-7,13H,8-12H2,1-3H3,(H,19,23)/t18-/m0/s1. The molecule has 1 aromatic carbocycles. The summed E-state index contributed by atoms with van der Waals surface area (Å²) in [5.41, 5.74) is 0.458. The van der Waals surface area contributed by atoms with E-state index in [-0.39, 0.29) is 18.0 Å². The fourth-order valence-electron chi connectivity index (χ4n) is 3.39. The monoisotopic (exact) mass is 331 g/mol. The third-order valence-corrected chi connectivity index (χ3v) is 4.76. The van der Waals surface area contributed by atoms with Crippen molar-refractivity contribution in [1.82, 2.24) is 15.1 Å². The minimum atomic E-state index is -0.745. The molecule has 1 aromatic rings. The van der Waals surface area contributed by atoms with E-state index in [9.17, 15) is 9.59 Å². The highest BCUT2D eigenvalue weighted by atomic mass is 16.5. The third-order valence-electron chi connectivity index (χ3n) is 4.76. The molecule has 0 bridgehead atoms. The van der Waals surface area contributed by atoms with Gasteiger partial charge in [-0.25, -0.2) is 4.79 Å². The molecule has 2 aliphatic rings. The highest BCUT2D eigenvalue weighted by Gasteiger charge is 2.55. The van der Waals surface area contributed by atoms with Crippen molar-refractivity contribution in [2.45, 2.75) is 38.8 Å². The number of hydrogen-bond donors (Lipinski definition) is 1. The fourth-order valence-corrected chi connectivity index (χ4v) is 3.39. The predicted octanol–water partition coefficient (Wildman–Crippen LogP) is 1.78. The van der Waals surface area contributed by atoms with Gasteiger partial charge in [-0.15, -0.1) is 0 Å². The van der Waals surface area contributed by atoms with Gasteiger partial charge < -0.3 is 10.1 Å². The maximum Gasteiger partial charge on any atom is 0.325 e. The van der Waals surface area contributed by atoms with Crippen molar-refractivity contribution in [1.29, 1.82) is 0 Å². The number of imide groups is 1. The van der Waals surface area contributed by atoms with Gasteiger partial charge in [-0.2, -0.15) is 0 Å². The van der Waals surface area contributed by atoms with Gasteiger partial charge in [-0.1, -0.05) is 17.7 Å². The summed E-state index contributed by atoms with van der Waals surface area (Å²) in [6, 6.07) is 7.58. The minimum Gasteiger partial charge on any atom is -0.492 e. The van der Waals surface area contributed by atoms with Crippen LogP contribution in [0.1, 0.15) is 25.8 Å². The number of carbonyl (C=O) groups excluding carboxylic acids is 2. The summed E-state index contributed by atoms with van der Waals surface area (Å²) in [5.74, 6) is 0.759. The Kier molecular flexibility index (Phi) is 4.49. The maximum absolute atomic E-state index is 12.6. The fraction of sp³-hybridized carbons (Fsp3) is 0.556. The molecule has 0 aromatic heterocycles. The highest BCUT2D eigenvalue weighted by molar-refractivity contribution is 6.07. The van der Waals surface area contributed by atoms with E-state index in [2.05, 4.69) is 10.2 Å². The molecule has 2 fully saturated rings. The predicted molar refractivity (Wildman–Crippen MR) is 91.0 cm³/mol. The number of likely N-dealkylation sites (tertiary alicyclic amines) is 1. The zero-order valence-electron chi connectivity index (χ0n) is 14.5. The first-order valence-electron chi connectivity index (χ1n) is 8.49. The van der Waals surface area contributed by atoms with E-state index in [1.807, 2.05) is 45.0 Å². The highest BCUT2D eigenvalue weighted by Crippen LogP contribution is 2.29. The molecule has 0 unspecified atom stereocenters. The van der Waals surface area contributed by atoms with E-state index < -0.39 is 5.54 Å². The van der Waals surface area contributed by atoms with Gasteiger partial charge in [0, 0.05) is 25.7 Å². The summed E-state index contributed by atoms with van der Waals surface area (Å²) in [6.45, 7) is 8.40. The Morgan fingerprint density at radius 2 is 1.96 bits per heavy atom. The zero-order chi connectivity index (χ0) is 17.3. The van der Waals surface area contributed by atoms with Gasteiger partial charge in [0.05, 0.1) is 0 Å². The first kappa shape index (κ1) is 16.8. The van der Waals surface area contributed by atoms with Crippen LogP contribution in [0.3, 0.4) is 0 Å². The van der Waals surface area contributed by atoms with E-state index in [0.717, 1.165) is 18.8 Å². The van der Waals surface area contributed by atoms with E-state index in [1.54, 1.807) is 0 Å². The number of benzene rings is 1. The SMILES string of the molecule is Cc1ccc(OCCN2CC[C@@]3(C2)NC(=O)N(C(C)C)C3=O)cc1. The van der Waals surface area contributed by atoms with E-state index in [1.165, 1.54) is 10.5 Å². The normalized spacial score (nSPS) is 24.2. The molecule has 1 spiro atoms. The first-order valence-corrected chi connectivity index (χ1v) is 8.49. The molecule has 1 N–H and O–H groups in total. The van der Waals surface area contributed by atoms with Gasteiger partial charge in [0.25, 0.3) is 5.91 Å². The number of amides is 3. The van der Waals surface area contributed by atoms with Crippen LogP contribution in [0.4, 0.5) is 4.79 Å². The van der Waals surface area contributed by atoms with Crippen molar-refractivity contribution in [2.75, 3.05) is 26.2 Å². The van der Waals surface area contributed by atoms with Crippen LogP contribution in [-0.2, 0) is 4.79 Å². The van der Waals surface area contributed by atoms with Crippen molar-refractivity contribution >= 4 is 11.9 Å². The largest absolute Gasteiger partial charge is 0.492 e. The molecule has 6 nitrogen and oxygen atoms in total. The van der Waals surface area contributed by atoms with Crippen molar-refractivity contribution in [3.8, 4) is 5.75 Å². The van der Waals surface area contributed by atoms with Crippen molar-refractivity contribution in [2.24, 2.45) is 0 Å². The Balaban J connectivity index is 1.53. The van der Waals surface area contributed by atoms with Crippen LogP contribution in [0.5, 0.6) is 5.75 Å². The molecule has 3 rings (SSSR count). The Morgan fingerprint density at radius 3 is 2.58 bits per heavy atom. The average molecular weight is 331 g/mol. The van der Waals surface area contributed by atoms with E-state index >= 15 is 0 Å². The van der Waals surface area contributed by atoms with Crippen LogP contribution in [-0.4, -0.2) is 59.6 Å². The van der Waals surface area contributed by atoms with Gasteiger partial charge in [-0.3, -0.25) is 14.6 Å². The zero-order valence-corrected chi connectivity index (χ0v) is 14.5. The minimum absolute atomic E-state index is 0.0931. The lowest BCUT2D eigenvalue weighted by Gasteiger charge is -2.23. The van der Waals surface area contributed by atoms with Crippen molar-refractivity contribution < 1.29 is 14.3 Å². The van der Waals surface area contributed by atoms with Crippen LogP contribution >= 0.6 is 0 Å². The molecule has 24 heavy (non-hydrogen) atoms. The molecule has 2 saturated heterocycles. The molecule has 6 heteroatoms. The number of carbonyl (C=O) groups is 2. The summed E-state index contributed by atoms with van der Waals surface area (Å²) in [5, 5.41) is 2.91. The molecular formula is C18H25N3O3. The van der Waals surface area contributed by atoms with E-state index in [0.29, 0.717) is 19.6 Å². The Morgan fingerprint density at radius 1 is 1.25 bits per heavy atom. The number of ether oxygens (including phenoxy) is 1. The number of nitrogens with one attached hydrogen (secondary N) is 1. The molecule has 2 aliphatic heterocycles.